The molecule has 0 aromatic heterocycles. The molecule has 0 aliphatic rings. The van der Waals surface area contributed by atoms with E-state index in [2.05, 4.69) is 21.4 Å². The lowest BCUT2D eigenvalue weighted by Gasteiger charge is -2.03. The van der Waals surface area contributed by atoms with Gasteiger partial charge in [0.15, 0.2) is 0 Å². The van der Waals surface area contributed by atoms with Crippen LogP contribution in [0.3, 0.4) is 0 Å². The van der Waals surface area contributed by atoms with Crippen LogP contribution >= 0.6 is 11.6 Å². The first-order chi connectivity index (χ1) is 7.26. The van der Waals surface area contributed by atoms with Crippen molar-refractivity contribution in [3.8, 4) is 11.3 Å². The summed E-state index contributed by atoms with van der Waals surface area (Å²) in [5.41, 5.74) is 1.76. The molecule has 0 fully saturated rings. The van der Waals surface area contributed by atoms with Crippen LogP contribution in [-0.2, 0) is 11.3 Å². The number of methoxy groups -OCH3 is 1. The van der Waals surface area contributed by atoms with Gasteiger partial charge < -0.3 is 10.1 Å². The fraction of sp³-hybridized carbons (Fsp3) is 0.182. The van der Waals surface area contributed by atoms with Crippen molar-refractivity contribution in [2.75, 3.05) is 7.11 Å². The highest BCUT2D eigenvalue weighted by Gasteiger charge is 1.98. The highest BCUT2D eigenvalue weighted by Crippen LogP contribution is 2.03. The zero-order chi connectivity index (χ0) is 11.1. The normalized spacial score (nSPS) is 8.67. The Labute approximate surface area is 93.4 Å². The van der Waals surface area contributed by atoms with Crippen LogP contribution in [0.4, 0.5) is 4.79 Å². The van der Waals surface area contributed by atoms with E-state index in [0.29, 0.717) is 6.54 Å². The fourth-order valence-electron chi connectivity index (χ4n) is 1.06. The van der Waals surface area contributed by atoms with Crippen LogP contribution < -0.4 is 5.32 Å². The molecule has 3 nitrogen and oxygen atoms in total. The van der Waals surface area contributed by atoms with Crippen molar-refractivity contribution in [3.05, 3.63) is 35.4 Å². The Morgan fingerprint density at radius 2 is 2.40 bits per heavy atom. The van der Waals surface area contributed by atoms with Crippen LogP contribution in [0.2, 0.25) is 0 Å². The Kier molecular flexibility index (Phi) is 4.52. The highest BCUT2D eigenvalue weighted by atomic mass is 35.5. The van der Waals surface area contributed by atoms with E-state index in [9.17, 15) is 4.79 Å². The van der Waals surface area contributed by atoms with Crippen molar-refractivity contribution >= 4 is 17.7 Å². The number of hydrogen-bond donors (Lipinski definition) is 1. The highest BCUT2D eigenvalue weighted by molar-refractivity contribution is 6.30. The first-order valence-electron chi connectivity index (χ1n) is 4.28. The molecule has 0 saturated carbocycles. The van der Waals surface area contributed by atoms with Gasteiger partial charge in [-0.15, -0.1) is 0 Å². The van der Waals surface area contributed by atoms with Gasteiger partial charge in [-0.2, -0.15) is 0 Å². The molecule has 4 heteroatoms. The Balaban J connectivity index is 2.64. The minimum atomic E-state index is -0.455. The average molecular weight is 224 g/mol. The molecule has 0 spiro atoms. The summed E-state index contributed by atoms with van der Waals surface area (Å²) in [7, 11) is 1.32. The maximum Gasteiger partial charge on any atom is 0.407 e. The zero-order valence-corrected chi connectivity index (χ0v) is 8.97. The van der Waals surface area contributed by atoms with Crippen LogP contribution in [0.25, 0.3) is 0 Å². The first kappa shape index (κ1) is 11.4. The molecule has 15 heavy (non-hydrogen) atoms. The van der Waals surface area contributed by atoms with E-state index in [1.165, 1.54) is 7.11 Å². The van der Waals surface area contributed by atoms with E-state index in [1.54, 1.807) is 0 Å². The van der Waals surface area contributed by atoms with E-state index < -0.39 is 6.09 Å². The van der Waals surface area contributed by atoms with E-state index in [4.69, 9.17) is 11.6 Å². The largest absolute Gasteiger partial charge is 0.453 e. The zero-order valence-electron chi connectivity index (χ0n) is 8.21. The number of benzene rings is 1. The number of halogens is 1. The van der Waals surface area contributed by atoms with Gasteiger partial charge in [0, 0.05) is 17.5 Å². The quantitative estimate of drug-likeness (QED) is 0.780. The van der Waals surface area contributed by atoms with Crippen LogP contribution in [0.15, 0.2) is 24.3 Å². The second-order valence-corrected chi connectivity index (χ2v) is 2.95. The molecule has 0 atom stereocenters. The van der Waals surface area contributed by atoms with Crippen molar-refractivity contribution in [3.63, 3.8) is 0 Å². The van der Waals surface area contributed by atoms with Gasteiger partial charge in [0.1, 0.15) is 0 Å². The first-order valence-corrected chi connectivity index (χ1v) is 4.66. The topological polar surface area (TPSA) is 38.3 Å². The number of nitrogens with one attached hydrogen (secondary N) is 1. The maximum absolute atomic E-state index is 10.8. The van der Waals surface area contributed by atoms with Crippen molar-refractivity contribution in [2.24, 2.45) is 0 Å². The van der Waals surface area contributed by atoms with Crippen LogP contribution in [0, 0.1) is 11.3 Å². The summed E-state index contributed by atoms with van der Waals surface area (Å²) < 4.78 is 4.45. The van der Waals surface area contributed by atoms with E-state index in [0.717, 1.165) is 11.1 Å². The number of carbonyl (C=O) groups is 1. The lowest BCUT2D eigenvalue weighted by Crippen LogP contribution is -2.22. The Morgan fingerprint density at radius 1 is 1.60 bits per heavy atom. The number of rotatable bonds is 2. The fourth-order valence-corrected chi connectivity index (χ4v) is 1.17. The van der Waals surface area contributed by atoms with Crippen LogP contribution in [0.1, 0.15) is 11.1 Å². The van der Waals surface area contributed by atoms with Gasteiger partial charge in [-0.3, -0.25) is 0 Å². The molecule has 1 N–H and O–H groups in total. The standard InChI is InChI=1S/C11H10ClNO2/c1-15-11(14)13-8-10-4-2-3-9(7-10)5-6-12/h2-4,7H,8H2,1H3,(H,13,14). The third kappa shape index (κ3) is 3.92. The predicted molar refractivity (Wildman–Crippen MR) is 58.4 cm³/mol. The molecule has 0 heterocycles. The summed E-state index contributed by atoms with van der Waals surface area (Å²) >= 11 is 5.29. The van der Waals surface area contributed by atoms with Crippen molar-refractivity contribution < 1.29 is 9.53 Å². The molecule has 0 unspecified atom stereocenters. The van der Waals surface area contributed by atoms with Gasteiger partial charge in [0.2, 0.25) is 0 Å². The van der Waals surface area contributed by atoms with Gasteiger partial charge in [0.25, 0.3) is 0 Å². The maximum atomic E-state index is 10.8. The molecule has 1 aromatic carbocycles. The summed E-state index contributed by atoms with van der Waals surface area (Å²) in [5, 5.41) is 4.87. The average Bonchev–Trinajstić information content (AvgIpc) is 2.27. The van der Waals surface area contributed by atoms with E-state index in [-0.39, 0.29) is 0 Å². The minimum absolute atomic E-state index is 0.407. The summed E-state index contributed by atoms with van der Waals surface area (Å²) in [5.74, 6) is 2.72. The molecule has 78 valence electrons. The number of ether oxygens (including phenoxy) is 1. The number of carbonyl (C=O) groups excluding carboxylic acids is 1. The molecule has 0 radical (unpaired) electrons. The van der Waals surface area contributed by atoms with Crippen LogP contribution in [0.5, 0.6) is 0 Å². The third-order valence-corrected chi connectivity index (χ3v) is 1.84. The molecule has 1 amide bonds. The summed E-state index contributed by atoms with van der Waals surface area (Å²) in [6.07, 6.45) is -0.455. The Morgan fingerprint density at radius 3 is 3.07 bits per heavy atom. The molecule has 0 aliphatic heterocycles. The number of amides is 1. The molecule has 0 saturated heterocycles. The van der Waals surface area contributed by atoms with E-state index >= 15 is 0 Å². The van der Waals surface area contributed by atoms with Crippen molar-refractivity contribution in [1.82, 2.24) is 5.32 Å². The molecular weight excluding hydrogens is 214 g/mol. The second-order valence-electron chi connectivity index (χ2n) is 2.77. The summed E-state index contributed by atoms with van der Waals surface area (Å²) in [4.78, 5) is 10.8. The van der Waals surface area contributed by atoms with Gasteiger partial charge in [-0.1, -0.05) is 12.1 Å². The van der Waals surface area contributed by atoms with Gasteiger partial charge in [-0.05, 0) is 35.2 Å². The monoisotopic (exact) mass is 223 g/mol. The number of hydrogen-bond acceptors (Lipinski definition) is 2. The predicted octanol–water partition coefficient (Wildman–Crippen LogP) is 2.09. The van der Waals surface area contributed by atoms with Gasteiger partial charge in [-0.25, -0.2) is 4.79 Å². The minimum Gasteiger partial charge on any atom is -0.453 e. The molecule has 1 rings (SSSR count). The second kappa shape index (κ2) is 5.94. The lowest BCUT2D eigenvalue weighted by atomic mass is 10.1. The SMILES string of the molecule is COC(=O)NCc1cccc(C#CCl)c1. The molecule has 0 aliphatic carbocycles. The van der Waals surface area contributed by atoms with Crippen molar-refractivity contribution in [2.45, 2.75) is 6.54 Å². The van der Waals surface area contributed by atoms with Gasteiger partial charge >= 0.3 is 6.09 Å². The van der Waals surface area contributed by atoms with E-state index in [1.807, 2.05) is 24.3 Å². The Hall–Kier alpha value is -1.66. The summed E-state index contributed by atoms with van der Waals surface area (Å²) in [6, 6.07) is 7.43. The lowest BCUT2D eigenvalue weighted by molar-refractivity contribution is 0.170. The molecule has 0 bridgehead atoms. The smallest absolute Gasteiger partial charge is 0.407 e. The number of alkyl carbamates (subject to hydrolysis) is 1. The van der Waals surface area contributed by atoms with Gasteiger partial charge in [0.05, 0.1) is 7.11 Å². The third-order valence-electron chi connectivity index (χ3n) is 1.74. The summed E-state index contributed by atoms with van der Waals surface area (Å²) in [6.45, 7) is 0.407. The molecule has 1 aromatic rings. The van der Waals surface area contributed by atoms with Crippen LogP contribution in [-0.4, -0.2) is 13.2 Å². The molecular formula is C11H10ClNO2. The van der Waals surface area contributed by atoms with Crippen molar-refractivity contribution in [1.29, 1.82) is 0 Å². The Bertz CT molecular complexity index is 407.